The van der Waals surface area contributed by atoms with Crippen molar-refractivity contribution in [1.29, 1.82) is 0 Å². The number of rotatable bonds is 8. The summed E-state index contributed by atoms with van der Waals surface area (Å²) in [5.41, 5.74) is 1.16. The van der Waals surface area contributed by atoms with Gasteiger partial charge in [-0.25, -0.2) is 9.78 Å². The molecule has 3 rings (SSSR count). The van der Waals surface area contributed by atoms with E-state index in [9.17, 15) is 9.90 Å². The summed E-state index contributed by atoms with van der Waals surface area (Å²) in [6.07, 6.45) is 3.31. The van der Waals surface area contributed by atoms with Crippen LogP contribution in [0.5, 0.6) is 5.75 Å². The zero-order valence-electron chi connectivity index (χ0n) is 16.5. The minimum atomic E-state index is -0.491. The highest BCUT2D eigenvalue weighted by atomic mass is 35.5. The Morgan fingerprint density at radius 1 is 1.45 bits per heavy atom. The van der Waals surface area contributed by atoms with Gasteiger partial charge in [-0.1, -0.05) is 17.7 Å². The molecule has 1 aliphatic heterocycles. The maximum atomic E-state index is 12.3. The van der Waals surface area contributed by atoms with E-state index in [1.807, 2.05) is 11.0 Å². The summed E-state index contributed by atoms with van der Waals surface area (Å²) in [5, 5.41) is 13.3. The second-order valence-corrected chi connectivity index (χ2v) is 7.05. The summed E-state index contributed by atoms with van der Waals surface area (Å²) >= 11 is 6.19. The molecule has 1 atom stereocenters. The Balaban J connectivity index is 1.86. The van der Waals surface area contributed by atoms with E-state index in [-0.39, 0.29) is 24.8 Å². The molecule has 0 radical (unpaired) electrons. The average Bonchev–Trinajstić information content (AvgIpc) is 3.21. The van der Waals surface area contributed by atoms with E-state index in [4.69, 9.17) is 21.1 Å². The lowest BCUT2D eigenvalue weighted by atomic mass is 10.2. The van der Waals surface area contributed by atoms with Crippen LogP contribution in [0.3, 0.4) is 0 Å². The Hall–Kier alpha value is -2.58. The first-order valence-corrected chi connectivity index (χ1v) is 9.93. The number of benzene rings is 1. The topological polar surface area (TPSA) is 96.8 Å². The number of nitrogens with zero attached hydrogens (tertiary/aromatic N) is 3. The third-order valence-corrected chi connectivity index (χ3v) is 5.09. The number of hydrogen-bond donors (Lipinski definition) is 2. The van der Waals surface area contributed by atoms with Crippen molar-refractivity contribution in [2.24, 2.45) is 0 Å². The average molecular weight is 421 g/mol. The fourth-order valence-electron chi connectivity index (χ4n) is 3.30. The van der Waals surface area contributed by atoms with Gasteiger partial charge in [-0.3, -0.25) is 0 Å². The Bertz CT molecular complexity index is 864. The number of aromatic nitrogens is 2. The largest absolute Gasteiger partial charge is 0.495 e. The van der Waals surface area contributed by atoms with Crippen LogP contribution in [0.4, 0.5) is 11.8 Å². The third kappa shape index (κ3) is 4.89. The van der Waals surface area contributed by atoms with Crippen LogP contribution in [0, 0.1) is 0 Å². The van der Waals surface area contributed by atoms with E-state index < -0.39 is 5.97 Å². The number of carbonyl (C=O) groups excluding carboxylic acids is 1. The molecule has 9 heteroatoms. The summed E-state index contributed by atoms with van der Waals surface area (Å²) in [6, 6.07) is 5.44. The number of methoxy groups -OCH3 is 1. The van der Waals surface area contributed by atoms with Crippen molar-refractivity contribution in [2.45, 2.75) is 32.4 Å². The molecular formula is C20H25ClN4O4. The molecule has 1 saturated heterocycles. The lowest BCUT2D eigenvalue weighted by molar-refractivity contribution is 0.0526. The van der Waals surface area contributed by atoms with Crippen molar-refractivity contribution in [3.63, 3.8) is 0 Å². The molecule has 0 spiro atoms. The first kappa shape index (κ1) is 21.1. The highest BCUT2D eigenvalue weighted by molar-refractivity contribution is 6.32. The van der Waals surface area contributed by atoms with E-state index in [2.05, 4.69) is 15.3 Å². The zero-order chi connectivity index (χ0) is 20.8. The minimum Gasteiger partial charge on any atom is -0.495 e. The summed E-state index contributed by atoms with van der Waals surface area (Å²) < 4.78 is 10.3. The Morgan fingerprint density at radius 2 is 2.28 bits per heavy atom. The van der Waals surface area contributed by atoms with Gasteiger partial charge in [0.1, 0.15) is 17.1 Å². The molecule has 0 bridgehead atoms. The van der Waals surface area contributed by atoms with Gasteiger partial charge in [-0.05, 0) is 37.5 Å². The van der Waals surface area contributed by atoms with Gasteiger partial charge in [-0.15, -0.1) is 0 Å². The molecule has 0 saturated carbocycles. The molecule has 1 aromatic carbocycles. The van der Waals surface area contributed by atoms with Crippen LogP contribution >= 0.6 is 11.6 Å². The molecule has 0 amide bonds. The predicted octanol–water partition coefficient (Wildman–Crippen LogP) is 2.89. The van der Waals surface area contributed by atoms with Crippen molar-refractivity contribution < 1.29 is 19.4 Å². The van der Waals surface area contributed by atoms with Crippen LogP contribution in [0.1, 0.15) is 35.7 Å². The van der Waals surface area contributed by atoms with Gasteiger partial charge in [0.25, 0.3) is 0 Å². The Labute approximate surface area is 174 Å². The third-order valence-electron chi connectivity index (χ3n) is 4.79. The fourth-order valence-corrected chi connectivity index (χ4v) is 3.58. The van der Waals surface area contributed by atoms with Crippen molar-refractivity contribution >= 4 is 29.3 Å². The van der Waals surface area contributed by atoms with Crippen LogP contribution in [-0.2, 0) is 11.3 Å². The van der Waals surface area contributed by atoms with Crippen molar-refractivity contribution in [1.82, 2.24) is 9.97 Å². The molecular weight excluding hydrogens is 396 g/mol. The number of ether oxygens (including phenoxy) is 2. The van der Waals surface area contributed by atoms with E-state index in [1.54, 1.807) is 26.2 Å². The maximum absolute atomic E-state index is 12.3. The van der Waals surface area contributed by atoms with Crippen LogP contribution in [-0.4, -0.2) is 54.0 Å². The van der Waals surface area contributed by atoms with Crippen LogP contribution < -0.4 is 15.0 Å². The number of esters is 1. The molecule has 156 valence electrons. The summed E-state index contributed by atoms with van der Waals surface area (Å²) in [7, 11) is 1.56. The van der Waals surface area contributed by atoms with Gasteiger partial charge < -0.3 is 24.8 Å². The number of aliphatic hydroxyl groups excluding tert-OH is 1. The summed E-state index contributed by atoms with van der Waals surface area (Å²) in [5.74, 6) is 0.958. The second-order valence-electron chi connectivity index (χ2n) is 6.65. The molecule has 1 fully saturated rings. The molecule has 0 aliphatic carbocycles. The first-order valence-electron chi connectivity index (χ1n) is 9.55. The van der Waals surface area contributed by atoms with Crippen LogP contribution in [0.15, 0.2) is 24.4 Å². The molecule has 1 aliphatic rings. The second kappa shape index (κ2) is 9.76. The quantitative estimate of drug-likeness (QED) is 0.629. The van der Waals surface area contributed by atoms with Crippen molar-refractivity contribution in [2.75, 3.05) is 37.1 Å². The zero-order valence-corrected chi connectivity index (χ0v) is 17.3. The number of hydrogen-bond acceptors (Lipinski definition) is 8. The molecule has 1 aromatic heterocycles. The van der Waals surface area contributed by atoms with Crippen molar-refractivity contribution in [3.05, 3.63) is 40.5 Å². The molecule has 2 heterocycles. The van der Waals surface area contributed by atoms with Gasteiger partial charge in [0.05, 0.1) is 31.4 Å². The molecule has 0 unspecified atom stereocenters. The van der Waals surface area contributed by atoms with E-state index >= 15 is 0 Å². The van der Waals surface area contributed by atoms with E-state index in [1.165, 1.54) is 6.20 Å². The molecule has 29 heavy (non-hydrogen) atoms. The number of nitrogens with one attached hydrogen (secondary N) is 1. The molecule has 8 nitrogen and oxygen atoms in total. The van der Waals surface area contributed by atoms with Gasteiger partial charge >= 0.3 is 5.97 Å². The number of carbonyl (C=O) groups is 1. The normalized spacial score (nSPS) is 16.0. The van der Waals surface area contributed by atoms with E-state index in [0.717, 1.165) is 24.9 Å². The summed E-state index contributed by atoms with van der Waals surface area (Å²) in [6.45, 7) is 3.20. The standard InChI is InChI=1S/C20H25ClN4O4/c1-3-29-19(27)15-11-23-20(25-8-4-5-14(25)12-26)24-18(15)22-10-13-6-7-17(28-2)16(21)9-13/h6-7,9,11,14,26H,3-5,8,10,12H2,1-2H3,(H,22,23,24)/t14-/m1/s1. The minimum absolute atomic E-state index is 0.0170. The Kier molecular flexibility index (Phi) is 7.11. The number of aliphatic hydroxyl groups is 1. The lowest BCUT2D eigenvalue weighted by Gasteiger charge is -2.23. The number of halogens is 1. The van der Waals surface area contributed by atoms with Crippen LogP contribution in [0.25, 0.3) is 0 Å². The lowest BCUT2D eigenvalue weighted by Crippen LogP contribution is -2.33. The Morgan fingerprint density at radius 3 is 2.97 bits per heavy atom. The predicted molar refractivity (Wildman–Crippen MR) is 111 cm³/mol. The maximum Gasteiger partial charge on any atom is 0.343 e. The van der Waals surface area contributed by atoms with Crippen molar-refractivity contribution in [3.8, 4) is 5.75 Å². The van der Waals surface area contributed by atoms with E-state index in [0.29, 0.717) is 29.1 Å². The smallest absolute Gasteiger partial charge is 0.343 e. The van der Waals surface area contributed by atoms with Gasteiger partial charge in [0, 0.05) is 19.3 Å². The highest BCUT2D eigenvalue weighted by Gasteiger charge is 2.27. The first-order chi connectivity index (χ1) is 14.1. The van der Waals surface area contributed by atoms with Crippen LogP contribution in [0.2, 0.25) is 5.02 Å². The summed E-state index contributed by atoms with van der Waals surface area (Å²) in [4.78, 5) is 23.2. The SMILES string of the molecule is CCOC(=O)c1cnc(N2CCC[C@@H]2CO)nc1NCc1ccc(OC)c(Cl)c1. The molecule has 2 aromatic rings. The highest BCUT2D eigenvalue weighted by Crippen LogP contribution is 2.27. The van der Waals surface area contributed by atoms with Gasteiger partial charge in [-0.2, -0.15) is 4.98 Å². The molecule has 2 N–H and O–H groups in total. The number of anilines is 2. The fraction of sp³-hybridized carbons (Fsp3) is 0.450. The monoisotopic (exact) mass is 420 g/mol. The van der Waals surface area contributed by atoms with Gasteiger partial charge in [0.2, 0.25) is 5.95 Å². The van der Waals surface area contributed by atoms with Gasteiger partial charge in [0.15, 0.2) is 0 Å².